The van der Waals surface area contributed by atoms with E-state index in [0.29, 0.717) is 23.6 Å². The predicted molar refractivity (Wildman–Crippen MR) is 94.2 cm³/mol. The third-order valence-electron chi connectivity index (χ3n) is 3.61. The molecule has 0 aromatic heterocycles. The maximum atomic E-state index is 12.9. The molecule has 25 heavy (non-hydrogen) atoms. The van der Waals surface area contributed by atoms with Gasteiger partial charge in [-0.05, 0) is 35.4 Å². The van der Waals surface area contributed by atoms with Crippen molar-refractivity contribution < 1.29 is 19.0 Å². The van der Waals surface area contributed by atoms with Crippen LogP contribution in [0.25, 0.3) is 0 Å². The Hall–Kier alpha value is -2.80. The van der Waals surface area contributed by atoms with Crippen LogP contribution in [0.5, 0.6) is 11.5 Å². The van der Waals surface area contributed by atoms with Gasteiger partial charge in [0.05, 0.1) is 26.9 Å². The van der Waals surface area contributed by atoms with E-state index in [0.717, 1.165) is 5.56 Å². The molecule has 134 valence electrons. The van der Waals surface area contributed by atoms with Crippen molar-refractivity contribution in [1.29, 1.82) is 0 Å². The van der Waals surface area contributed by atoms with E-state index in [1.807, 2.05) is 12.1 Å². The Morgan fingerprint density at radius 2 is 1.84 bits per heavy atom. The Kier molecular flexibility index (Phi) is 6.59. The van der Waals surface area contributed by atoms with E-state index in [-0.39, 0.29) is 18.3 Å². The second-order valence-corrected chi connectivity index (χ2v) is 5.34. The molecule has 7 heteroatoms. The Labute approximate surface area is 146 Å². The summed E-state index contributed by atoms with van der Waals surface area (Å²) in [5, 5.41) is 12.9. The quantitative estimate of drug-likeness (QED) is 0.526. The summed E-state index contributed by atoms with van der Waals surface area (Å²) in [5.74, 6) is 1.12. The van der Waals surface area contributed by atoms with Gasteiger partial charge >= 0.3 is 0 Å². The average molecular weight is 347 g/mol. The van der Waals surface area contributed by atoms with Crippen LogP contribution >= 0.6 is 0 Å². The zero-order chi connectivity index (χ0) is 18.2. The molecule has 0 aliphatic heterocycles. The summed E-state index contributed by atoms with van der Waals surface area (Å²) < 4.78 is 23.3. The van der Waals surface area contributed by atoms with Crippen molar-refractivity contribution in [2.45, 2.75) is 12.6 Å². The number of rotatable bonds is 7. The second-order valence-electron chi connectivity index (χ2n) is 5.34. The van der Waals surface area contributed by atoms with Crippen LogP contribution in [0.3, 0.4) is 0 Å². The molecule has 0 saturated heterocycles. The molecular weight excluding hydrogens is 325 g/mol. The fourth-order valence-electron chi connectivity index (χ4n) is 2.22. The van der Waals surface area contributed by atoms with E-state index < -0.39 is 6.10 Å². The van der Waals surface area contributed by atoms with Gasteiger partial charge in [-0.25, -0.2) is 9.38 Å². The molecule has 6 nitrogen and oxygen atoms in total. The first-order valence-electron chi connectivity index (χ1n) is 7.71. The molecule has 2 rings (SSSR count). The molecule has 0 radical (unpaired) electrons. The van der Waals surface area contributed by atoms with Crippen molar-refractivity contribution in [3.05, 3.63) is 59.4 Å². The smallest absolute Gasteiger partial charge is 0.189 e. The first-order valence-corrected chi connectivity index (χ1v) is 7.71. The maximum absolute atomic E-state index is 12.9. The fourth-order valence-corrected chi connectivity index (χ4v) is 2.22. The summed E-state index contributed by atoms with van der Waals surface area (Å²) in [6.07, 6.45) is -0.810. The van der Waals surface area contributed by atoms with Crippen LogP contribution in [-0.4, -0.2) is 31.8 Å². The molecule has 2 aromatic rings. The first kappa shape index (κ1) is 18.5. The normalized spacial score (nSPS) is 12.6. The number of hydrogen-bond donors (Lipinski definition) is 3. The van der Waals surface area contributed by atoms with Crippen LogP contribution in [-0.2, 0) is 6.54 Å². The van der Waals surface area contributed by atoms with Crippen LogP contribution in [0.15, 0.2) is 47.5 Å². The minimum atomic E-state index is -0.810. The monoisotopic (exact) mass is 347 g/mol. The molecule has 0 heterocycles. The van der Waals surface area contributed by atoms with Crippen LogP contribution in [0, 0.1) is 5.82 Å². The minimum Gasteiger partial charge on any atom is -0.493 e. The van der Waals surface area contributed by atoms with Crippen molar-refractivity contribution in [2.75, 3.05) is 20.8 Å². The Morgan fingerprint density at radius 1 is 1.16 bits per heavy atom. The van der Waals surface area contributed by atoms with E-state index in [9.17, 15) is 9.50 Å². The van der Waals surface area contributed by atoms with E-state index in [1.165, 1.54) is 24.3 Å². The number of nitrogens with zero attached hydrogens (tertiary/aromatic N) is 1. The van der Waals surface area contributed by atoms with Gasteiger partial charge in [0, 0.05) is 6.54 Å². The van der Waals surface area contributed by atoms with Crippen molar-refractivity contribution in [3.63, 3.8) is 0 Å². The molecule has 0 spiro atoms. The minimum absolute atomic E-state index is 0.174. The molecule has 1 atom stereocenters. The van der Waals surface area contributed by atoms with Crippen molar-refractivity contribution >= 4 is 5.96 Å². The number of aliphatic imine (C=N–C) groups is 1. The maximum Gasteiger partial charge on any atom is 0.189 e. The molecule has 0 saturated carbocycles. The highest BCUT2D eigenvalue weighted by molar-refractivity contribution is 5.77. The third-order valence-corrected chi connectivity index (χ3v) is 3.61. The molecule has 1 unspecified atom stereocenters. The van der Waals surface area contributed by atoms with Crippen LogP contribution in [0.2, 0.25) is 0 Å². The largest absolute Gasteiger partial charge is 0.493 e. The number of nitrogens with one attached hydrogen (secondary N) is 1. The van der Waals surface area contributed by atoms with Gasteiger partial charge in [0.25, 0.3) is 0 Å². The fraction of sp³-hybridized carbons (Fsp3) is 0.278. The molecule has 2 aromatic carbocycles. The number of methoxy groups -OCH3 is 2. The molecule has 4 N–H and O–H groups in total. The van der Waals surface area contributed by atoms with Gasteiger partial charge in [0.1, 0.15) is 5.82 Å². The lowest BCUT2D eigenvalue weighted by Gasteiger charge is -2.13. The lowest BCUT2D eigenvalue weighted by molar-refractivity contribution is 0.181. The number of guanidine groups is 1. The van der Waals surface area contributed by atoms with E-state index in [2.05, 4.69) is 10.3 Å². The van der Waals surface area contributed by atoms with Crippen LogP contribution in [0.4, 0.5) is 4.39 Å². The summed E-state index contributed by atoms with van der Waals surface area (Å²) in [6.45, 7) is 0.527. The number of ether oxygens (including phenoxy) is 2. The van der Waals surface area contributed by atoms with Gasteiger partial charge in [0.15, 0.2) is 17.5 Å². The number of aliphatic hydroxyl groups excluding tert-OH is 1. The number of halogens is 1. The number of benzene rings is 2. The topological polar surface area (TPSA) is 89.1 Å². The summed E-state index contributed by atoms with van der Waals surface area (Å²) in [7, 11) is 3.14. The average Bonchev–Trinajstić information content (AvgIpc) is 2.64. The Balaban J connectivity index is 1.90. The van der Waals surface area contributed by atoms with Gasteiger partial charge < -0.3 is 25.6 Å². The molecule has 0 bridgehead atoms. The molecule has 0 amide bonds. The summed E-state index contributed by atoms with van der Waals surface area (Å²) in [5.41, 5.74) is 7.31. The Bertz CT molecular complexity index is 720. The third kappa shape index (κ3) is 5.36. The lowest BCUT2D eigenvalue weighted by atomic mass is 10.1. The molecular formula is C18H22FN3O3. The van der Waals surface area contributed by atoms with Gasteiger partial charge in [-0.3, -0.25) is 0 Å². The second kappa shape index (κ2) is 8.89. The standard InChI is InChI=1S/C18H22FN3O3/c1-24-16-8-3-12(9-17(16)25-2)10-21-18(20)22-11-15(23)13-4-6-14(19)7-5-13/h3-9,15,23H,10-11H2,1-2H3,(H3,20,21,22). The van der Waals surface area contributed by atoms with E-state index in [4.69, 9.17) is 15.2 Å². The van der Waals surface area contributed by atoms with Gasteiger partial charge in [-0.1, -0.05) is 18.2 Å². The highest BCUT2D eigenvalue weighted by Gasteiger charge is 2.08. The number of hydrogen-bond acceptors (Lipinski definition) is 4. The highest BCUT2D eigenvalue weighted by atomic mass is 19.1. The van der Waals surface area contributed by atoms with Crippen molar-refractivity contribution in [2.24, 2.45) is 10.7 Å². The van der Waals surface area contributed by atoms with E-state index >= 15 is 0 Å². The number of nitrogens with two attached hydrogens (primary N) is 1. The lowest BCUT2D eigenvalue weighted by Crippen LogP contribution is -2.34. The van der Waals surface area contributed by atoms with Crippen molar-refractivity contribution in [3.8, 4) is 11.5 Å². The predicted octanol–water partition coefficient (Wildman–Crippen LogP) is 1.98. The molecule has 0 aliphatic carbocycles. The molecule has 0 aliphatic rings. The summed E-state index contributed by atoms with van der Waals surface area (Å²) in [4.78, 5) is 4.22. The highest BCUT2D eigenvalue weighted by Crippen LogP contribution is 2.27. The van der Waals surface area contributed by atoms with Crippen LogP contribution in [0.1, 0.15) is 17.2 Å². The number of aliphatic hydroxyl groups is 1. The van der Waals surface area contributed by atoms with Crippen molar-refractivity contribution in [1.82, 2.24) is 5.32 Å². The van der Waals surface area contributed by atoms with Gasteiger partial charge in [-0.15, -0.1) is 0 Å². The first-order chi connectivity index (χ1) is 12.0. The van der Waals surface area contributed by atoms with Gasteiger partial charge in [-0.2, -0.15) is 0 Å². The molecule has 0 fully saturated rings. The zero-order valence-electron chi connectivity index (χ0n) is 14.2. The summed E-state index contributed by atoms with van der Waals surface area (Å²) in [6, 6.07) is 11.1. The SMILES string of the molecule is COc1ccc(CN=C(N)NCC(O)c2ccc(F)cc2)cc1OC. The van der Waals surface area contributed by atoms with Crippen LogP contribution < -0.4 is 20.5 Å². The summed E-state index contributed by atoms with van der Waals surface area (Å²) >= 11 is 0. The van der Waals surface area contributed by atoms with E-state index in [1.54, 1.807) is 20.3 Å². The van der Waals surface area contributed by atoms with Gasteiger partial charge in [0.2, 0.25) is 0 Å². The Morgan fingerprint density at radius 3 is 2.48 bits per heavy atom. The zero-order valence-corrected chi connectivity index (χ0v) is 14.2.